The molecule has 2 rings (SSSR count). The summed E-state index contributed by atoms with van der Waals surface area (Å²) in [6.45, 7) is 6.29. The lowest BCUT2D eigenvalue weighted by molar-refractivity contribution is -0.143. The molecule has 0 saturated heterocycles. The minimum Gasteiger partial charge on any atom is -0.466 e. The Morgan fingerprint density at radius 2 is 1.95 bits per heavy atom. The number of carbonyl (C=O) groups excluding carboxylic acids is 1. The van der Waals surface area contributed by atoms with E-state index in [1.54, 1.807) is 13.1 Å². The fourth-order valence-corrected chi connectivity index (χ4v) is 2.55. The number of carbonyl (C=O) groups is 1. The summed E-state index contributed by atoms with van der Waals surface area (Å²) >= 11 is 0. The van der Waals surface area contributed by atoms with Gasteiger partial charge in [0.05, 0.1) is 18.7 Å². The van der Waals surface area contributed by atoms with Crippen LogP contribution in [0, 0.1) is 13.8 Å². The Labute approximate surface area is 131 Å². The van der Waals surface area contributed by atoms with Crippen molar-refractivity contribution in [2.75, 3.05) is 6.61 Å². The first-order chi connectivity index (χ1) is 10.5. The molecule has 0 aliphatic carbocycles. The molecule has 1 unspecified atom stereocenters. The first kappa shape index (κ1) is 16.2. The van der Waals surface area contributed by atoms with Crippen LogP contribution in [0.15, 0.2) is 36.5 Å². The van der Waals surface area contributed by atoms with E-state index >= 15 is 0 Å². The lowest BCUT2D eigenvalue weighted by Crippen LogP contribution is -2.17. The molecule has 0 fully saturated rings. The van der Waals surface area contributed by atoms with Crippen molar-refractivity contribution in [2.24, 2.45) is 5.73 Å². The van der Waals surface area contributed by atoms with Crippen LogP contribution in [-0.2, 0) is 9.53 Å². The second kappa shape index (κ2) is 7.18. The number of nitrogens with zero attached hydrogens (tertiary/aromatic N) is 1. The average molecular weight is 298 g/mol. The first-order valence-corrected chi connectivity index (χ1v) is 7.46. The molecule has 0 aliphatic heterocycles. The zero-order chi connectivity index (χ0) is 16.1. The van der Waals surface area contributed by atoms with Crippen LogP contribution < -0.4 is 5.73 Å². The maximum atomic E-state index is 11.6. The number of hydrogen-bond donors (Lipinski definition) is 1. The second-order valence-electron chi connectivity index (χ2n) is 5.36. The summed E-state index contributed by atoms with van der Waals surface area (Å²) in [5, 5.41) is 0. The number of ether oxygens (including phenoxy) is 1. The standard InChI is InChI=1S/C18H22N2O2/c1-4-22-17(21)11-15(19)14-8-9-20-16(10-14)18-12(2)6-5-7-13(18)3/h5-10,15H,4,11,19H2,1-3H3. The Bertz CT molecular complexity index is 648. The fraction of sp³-hybridized carbons (Fsp3) is 0.333. The van der Waals surface area contributed by atoms with Crippen molar-refractivity contribution < 1.29 is 9.53 Å². The molecule has 1 atom stereocenters. The summed E-state index contributed by atoms with van der Waals surface area (Å²) in [6.07, 6.45) is 1.91. The monoisotopic (exact) mass is 298 g/mol. The molecule has 1 aromatic heterocycles. The summed E-state index contributed by atoms with van der Waals surface area (Å²) < 4.78 is 4.95. The zero-order valence-corrected chi connectivity index (χ0v) is 13.3. The van der Waals surface area contributed by atoms with Crippen LogP contribution in [0.3, 0.4) is 0 Å². The fourth-order valence-electron chi connectivity index (χ4n) is 2.55. The highest BCUT2D eigenvalue weighted by molar-refractivity contribution is 5.71. The zero-order valence-electron chi connectivity index (χ0n) is 13.3. The quantitative estimate of drug-likeness (QED) is 0.860. The Hall–Kier alpha value is -2.20. The van der Waals surface area contributed by atoms with E-state index < -0.39 is 0 Å². The molecule has 2 aromatic rings. The van der Waals surface area contributed by atoms with Gasteiger partial charge in [-0.1, -0.05) is 18.2 Å². The highest BCUT2D eigenvalue weighted by Gasteiger charge is 2.14. The van der Waals surface area contributed by atoms with Crippen LogP contribution in [0.2, 0.25) is 0 Å². The van der Waals surface area contributed by atoms with Gasteiger partial charge in [-0.3, -0.25) is 9.78 Å². The lowest BCUT2D eigenvalue weighted by Gasteiger charge is -2.14. The van der Waals surface area contributed by atoms with Gasteiger partial charge in [0.1, 0.15) is 0 Å². The van der Waals surface area contributed by atoms with Gasteiger partial charge in [0, 0.05) is 17.8 Å². The third kappa shape index (κ3) is 3.71. The minimum atomic E-state index is -0.384. The second-order valence-corrected chi connectivity index (χ2v) is 5.36. The largest absolute Gasteiger partial charge is 0.466 e. The highest BCUT2D eigenvalue weighted by atomic mass is 16.5. The lowest BCUT2D eigenvalue weighted by atomic mass is 9.97. The maximum absolute atomic E-state index is 11.6. The Balaban J connectivity index is 2.29. The normalized spacial score (nSPS) is 12.0. The molecule has 0 spiro atoms. The van der Waals surface area contributed by atoms with E-state index in [4.69, 9.17) is 10.5 Å². The van der Waals surface area contributed by atoms with Crippen LogP contribution >= 0.6 is 0 Å². The summed E-state index contributed by atoms with van der Waals surface area (Å²) in [6, 6.07) is 9.58. The van der Waals surface area contributed by atoms with Crippen LogP contribution in [0.25, 0.3) is 11.3 Å². The van der Waals surface area contributed by atoms with Gasteiger partial charge in [-0.15, -0.1) is 0 Å². The van der Waals surface area contributed by atoms with Gasteiger partial charge in [0.15, 0.2) is 0 Å². The molecule has 1 aromatic carbocycles. The number of pyridine rings is 1. The van der Waals surface area contributed by atoms with E-state index in [2.05, 4.69) is 31.0 Å². The predicted octanol–water partition coefficient (Wildman–Crippen LogP) is 3.32. The molecule has 4 heteroatoms. The van der Waals surface area contributed by atoms with Gasteiger partial charge in [0.2, 0.25) is 0 Å². The SMILES string of the molecule is CCOC(=O)CC(N)c1ccnc(-c2c(C)cccc2C)c1. The van der Waals surface area contributed by atoms with Gasteiger partial charge >= 0.3 is 5.97 Å². The summed E-state index contributed by atoms with van der Waals surface area (Å²) in [5.74, 6) is -0.277. The molecule has 22 heavy (non-hydrogen) atoms. The molecule has 0 aliphatic rings. The number of benzene rings is 1. The predicted molar refractivity (Wildman–Crippen MR) is 87.3 cm³/mol. The topological polar surface area (TPSA) is 65.2 Å². The molecule has 0 amide bonds. The van der Waals surface area contributed by atoms with Crippen molar-refractivity contribution in [3.63, 3.8) is 0 Å². The molecular weight excluding hydrogens is 276 g/mol. The molecule has 0 radical (unpaired) electrons. The van der Waals surface area contributed by atoms with E-state index in [0.717, 1.165) is 16.8 Å². The number of hydrogen-bond acceptors (Lipinski definition) is 4. The third-order valence-corrected chi connectivity index (χ3v) is 3.64. The average Bonchev–Trinajstić information content (AvgIpc) is 2.47. The molecule has 0 saturated carbocycles. The summed E-state index contributed by atoms with van der Waals surface area (Å²) in [4.78, 5) is 16.0. The first-order valence-electron chi connectivity index (χ1n) is 7.46. The van der Waals surface area contributed by atoms with Crippen molar-refractivity contribution >= 4 is 5.97 Å². The van der Waals surface area contributed by atoms with Crippen LogP contribution in [-0.4, -0.2) is 17.6 Å². The van der Waals surface area contributed by atoms with E-state index in [1.807, 2.05) is 18.2 Å². The molecule has 4 nitrogen and oxygen atoms in total. The van der Waals surface area contributed by atoms with Crippen molar-refractivity contribution in [1.29, 1.82) is 0 Å². The Morgan fingerprint density at radius 1 is 1.27 bits per heavy atom. The number of aromatic nitrogens is 1. The van der Waals surface area contributed by atoms with E-state index in [9.17, 15) is 4.79 Å². The van der Waals surface area contributed by atoms with Crippen LogP contribution in [0.1, 0.15) is 36.1 Å². The van der Waals surface area contributed by atoms with Crippen LogP contribution in [0.5, 0.6) is 0 Å². The number of rotatable bonds is 5. The van der Waals surface area contributed by atoms with Crippen molar-refractivity contribution in [2.45, 2.75) is 33.2 Å². The molecular formula is C18H22N2O2. The van der Waals surface area contributed by atoms with E-state index in [-0.39, 0.29) is 18.4 Å². The molecule has 2 N–H and O–H groups in total. The highest BCUT2D eigenvalue weighted by Crippen LogP contribution is 2.27. The molecule has 1 heterocycles. The number of nitrogens with two attached hydrogens (primary N) is 1. The van der Waals surface area contributed by atoms with Gasteiger partial charge in [0.25, 0.3) is 0 Å². The Morgan fingerprint density at radius 3 is 2.59 bits per heavy atom. The maximum Gasteiger partial charge on any atom is 0.307 e. The van der Waals surface area contributed by atoms with Crippen molar-refractivity contribution in [3.05, 3.63) is 53.2 Å². The van der Waals surface area contributed by atoms with Gasteiger partial charge in [-0.2, -0.15) is 0 Å². The minimum absolute atomic E-state index is 0.171. The summed E-state index contributed by atoms with van der Waals surface area (Å²) in [7, 11) is 0. The third-order valence-electron chi connectivity index (χ3n) is 3.64. The Kier molecular flexibility index (Phi) is 5.28. The number of aryl methyl sites for hydroxylation is 2. The van der Waals surface area contributed by atoms with Gasteiger partial charge in [-0.25, -0.2) is 0 Å². The molecule has 0 bridgehead atoms. The number of esters is 1. The molecule has 116 valence electrons. The van der Waals surface area contributed by atoms with Crippen molar-refractivity contribution in [1.82, 2.24) is 4.98 Å². The van der Waals surface area contributed by atoms with Gasteiger partial charge in [-0.05, 0) is 49.6 Å². The van der Waals surface area contributed by atoms with Gasteiger partial charge < -0.3 is 10.5 Å². The van der Waals surface area contributed by atoms with Crippen molar-refractivity contribution in [3.8, 4) is 11.3 Å². The van der Waals surface area contributed by atoms with E-state index in [1.165, 1.54) is 11.1 Å². The summed E-state index contributed by atoms with van der Waals surface area (Å²) in [5.41, 5.74) is 11.4. The smallest absolute Gasteiger partial charge is 0.307 e. The van der Waals surface area contributed by atoms with Crippen LogP contribution in [0.4, 0.5) is 0 Å². The van der Waals surface area contributed by atoms with E-state index in [0.29, 0.717) is 6.61 Å².